The van der Waals surface area contributed by atoms with Crippen molar-refractivity contribution in [1.29, 1.82) is 0 Å². The Morgan fingerprint density at radius 1 is 1.13 bits per heavy atom. The minimum absolute atomic E-state index is 0.174. The van der Waals surface area contributed by atoms with Crippen molar-refractivity contribution in [2.75, 3.05) is 13.6 Å². The summed E-state index contributed by atoms with van der Waals surface area (Å²) < 4.78 is 8.16. The summed E-state index contributed by atoms with van der Waals surface area (Å²) in [4.78, 5) is 18.2. The Kier molecular flexibility index (Phi) is 4.55. The Labute approximate surface area is 172 Å². The molecule has 0 radical (unpaired) electrons. The van der Waals surface area contributed by atoms with Gasteiger partial charge in [-0.15, -0.1) is 10.2 Å². The molecule has 8 heteroatoms. The van der Waals surface area contributed by atoms with Gasteiger partial charge < -0.3 is 9.84 Å². The molecule has 152 valence electrons. The quantitative estimate of drug-likeness (QED) is 0.560. The second-order valence-electron chi connectivity index (χ2n) is 7.58. The van der Waals surface area contributed by atoms with Crippen LogP contribution in [0.5, 0.6) is 5.75 Å². The molecule has 0 amide bonds. The highest BCUT2D eigenvalue weighted by Crippen LogP contribution is 2.30. The lowest BCUT2D eigenvalue weighted by atomic mass is 10.00. The maximum absolute atomic E-state index is 11.5. The lowest BCUT2D eigenvalue weighted by molar-refractivity contribution is -0.145. The van der Waals surface area contributed by atoms with E-state index in [0.717, 1.165) is 23.0 Å². The van der Waals surface area contributed by atoms with Crippen molar-refractivity contribution in [2.24, 2.45) is 0 Å². The number of aromatic nitrogens is 4. The second kappa shape index (κ2) is 7.38. The van der Waals surface area contributed by atoms with Crippen LogP contribution in [0.1, 0.15) is 12.8 Å². The van der Waals surface area contributed by atoms with Gasteiger partial charge in [-0.3, -0.25) is 14.1 Å². The molecule has 30 heavy (non-hydrogen) atoms. The summed E-state index contributed by atoms with van der Waals surface area (Å²) in [5.74, 6) is 0.497. The number of carbonyl (C=O) groups is 1. The number of ether oxygens (including phenoxy) is 1. The first-order valence-corrected chi connectivity index (χ1v) is 9.90. The monoisotopic (exact) mass is 403 g/mol. The molecule has 2 atom stereocenters. The molecule has 1 fully saturated rings. The summed E-state index contributed by atoms with van der Waals surface area (Å²) in [6.45, 7) is 0.677. The van der Waals surface area contributed by atoms with Gasteiger partial charge in [0.15, 0.2) is 11.5 Å². The van der Waals surface area contributed by atoms with Gasteiger partial charge in [0.05, 0.1) is 0 Å². The van der Waals surface area contributed by atoms with Gasteiger partial charge in [0.25, 0.3) is 0 Å². The summed E-state index contributed by atoms with van der Waals surface area (Å²) >= 11 is 0. The molecule has 4 heterocycles. The smallest absolute Gasteiger partial charge is 0.321 e. The third-order valence-corrected chi connectivity index (χ3v) is 5.63. The number of fused-ring (bicyclic) bond motifs is 2. The molecule has 4 aromatic rings. The predicted octanol–water partition coefficient (Wildman–Crippen LogP) is 2.87. The predicted molar refractivity (Wildman–Crippen MR) is 111 cm³/mol. The van der Waals surface area contributed by atoms with Gasteiger partial charge in [-0.25, -0.2) is 4.98 Å². The average molecular weight is 403 g/mol. The maximum atomic E-state index is 11.5. The molecule has 5 rings (SSSR count). The van der Waals surface area contributed by atoms with Crippen LogP contribution >= 0.6 is 0 Å². The SMILES string of the molecule is CN1CCC(Oc2cccc3ccc(-c4nnc5ccccn45)nc23)CC1C(=O)O. The van der Waals surface area contributed by atoms with Crippen molar-refractivity contribution < 1.29 is 14.6 Å². The van der Waals surface area contributed by atoms with Gasteiger partial charge in [0.1, 0.15) is 29.1 Å². The minimum Gasteiger partial charge on any atom is -0.488 e. The molecule has 1 saturated heterocycles. The molecule has 0 spiro atoms. The van der Waals surface area contributed by atoms with E-state index in [-0.39, 0.29) is 6.10 Å². The third-order valence-electron chi connectivity index (χ3n) is 5.63. The number of hydrogen-bond acceptors (Lipinski definition) is 6. The molecule has 1 N–H and O–H groups in total. The minimum atomic E-state index is -0.817. The van der Waals surface area contributed by atoms with Crippen molar-refractivity contribution in [3.63, 3.8) is 0 Å². The largest absolute Gasteiger partial charge is 0.488 e. The molecule has 3 aromatic heterocycles. The molecule has 1 aliphatic rings. The number of likely N-dealkylation sites (tertiary alicyclic amines) is 1. The first-order chi connectivity index (χ1) is 14.6. The van der Waals surface area contributed by atoms with Gasteiger partial charge in [-0.1, -0.05) is 24.3 Å². The molecule has 0 bridgehead atoms. The Morgan fingerprint density at radius 2 is 2.03 bits per heavy atom. The molecule has 2 unspecified atom stereocenters. The Hall–Kier alpha value is -3.52. The van der Waals surface area contributed by atoms with E-state index in [1.165, 1.54) is 0 Å². The molecular formula is C22H21N5O3. The van der Waals surface area contributed by atoms with Crippen LogP contribution in [0, 0.1) is 0 Å². The van der Waals surface area contributed by atoms with E-state index in [1.807, 2.05) is 71.1 Å². The number of para-hydroxylation sites is 1. The number of carboxylic acid groups (broad SMARTS) is 1. The lowest BCUT2D eigenvalue weighted by Crippen LogP contribution is -2.47. The lowest BCUT2D eigenvalue weighted by Gasteiger charge is -2.34. The highest BCUT2D eigenvalue weighted by molar-refractivity contribution is 5.86. The van der Waals surface area contributed by atoms with Crippen LogP contribution in [0.15, 0.2) is 54.7 Å². The van der Waals surface area contributed by atoms with Crippen LogP contribution in [0.25, 0.3) is 28.1 Å². The van der Waals surface area contributed by atoms with E-state index in [2.05, 4.69) is 10.2 Å². The number of hydrogen-bond donors (Lipinski definition) is 1. The van der Waals surface area contributed by atoms with Crippen LogP contribution < -0.4 is 4.74 Å². The van der Waals surface area contributed by atoms with E-state index in [9.17, 15) is 9.90 Å². The molecule has 1 aromatic carbocycles. The van der Waals surface area contributed by atoms with E-state index in [4.69, 9.17) is 9.72 Å². The van der Waals surface area contributed by atoms with Crippen molar-refractivity contribution in [3.8, 4) is 17.3 Å². The second-order valence-corrected chi connectivity index (χ2v) is 7.58. The summed E-state index contributed by atoms with van der Waals surface area (Å²) in [7, 11) is 1.84. The zero-order valence-corrected chi connectivity index (χ0v) is 16.5. The van der Waals surface area contributed by atoms with Gasteiger partial charge in [0, 0.05) is 24.5 Å². The number of nitrogens with zero attached hydrogens (tertiary/aromatic N) is 5. The summed E-state index contributed by atoms with van der Waals surface area (Å²) in [6.07, 6.45) is 2.94. The summed E-state index contributed by atoms with van der Waals surface area (Å²) in [6, 6.07) is 14.9. The fraction of sp³-hybridized carbons (Fsp3) is 0.273. The summed E-state index contributed by atoms with van der Waals surface area (Å²) in [5.41, 5.74) is 2.18. The number of aliphatic carboxylic acids is 1. The summed E-state index contributed by atoms with van der Waals surface area (Å²) in [5, 5.41) is 18.9. The number of benzene rings is 1. The Bertz CT molecular complexity index is 1240. The number of rotatable bonds is 4. The molecule has 0 aliphatic carbocycles. The van der Waals surface area contributed by atoms with Crippen LogP contribution in [-0.2, 0) is 4.79 Å². The number of carboxylic acids is 1. The van der Waals surface area contributed by atoms with Gasteiger partial charge >= 0.3 is 5.97 Å². The Balaban J connectivity index is 1.50. The van der Waals surface area contributed by atoms with Crippen molar-refractivity contribution in [2.45, 2.75) is 25.0 Å². The molecule has 8 nitrogen and oxygen atoms in total. The Morgan fingerprint density at radius 3 is 2.90 bits per heavy atom. The zero-order valence-electron chi connectivity index (χ0n) is 16.5. The third kappa shape index (κ3) is 3.25. The standard InChI is InChI=1S/C22H21N5O3/c1-26-12-10-15(13-17(26)22(28)29)30-18-6-4-5-14-8-9-16(23-20(14)18)21-25-24-19-7-2-3-11-27(19)21/h2-9,11,15,17H,10,12-13H2,1H3,(H,28,29). The van der Waals surface area contributed by atoms with Crippen molar-refractivity contribution >= 4 is 22.5 Å². The first-order valence-electron chi connectivity index (χ1n) is 9.90. The average Bonchev–Trinajstić information content (AvgIpc) is 3.19. The number of likely N-dealkylation sites (N-methyl/N-ethyl adjacent to an activating group) is 1. The fourth-order valence-electron chi connectivity index (χ4n) is 3.98. The van der Waals surface area contributed by atoms with Gasteiger partial charge in [-0.05, 0) is 37.7 Å². The van der Waals surface area contributed by atoms with E-state index < -0.39 is 12.0 Å². The topological polar surface area (TPSA) is 92.9 Å². The highest BCUT2D eigenvalue weighted by atomic mass is 16.5. The molecular weight excluding hydrogens is 382 g/mol. The first kappa shape index (κ1) is 18.5. The van der Waals surface area contributed by atoms with Gasteiger partial charge in [0.2, 0.25) is 0 Å². The number of piperidine rings is 1. The number of pyridine rings is 2. The highest BCUT2D eigenvalue weighted by Gasteiger charge is 2.32. The maximum Gasteiger partial charge on any atom is 0.321 e. The van der Waals surface area contributed by atoms with E-state index in [0.29, 0.717) is 30.2 Å². The van der Waals surface area contributed by atoms with Crippen LogP contribution in [0.3, 0.4) is 0 Å². The van der Waals surface area contributed by atoms with Crippen molar-refractivity contribution in [1.82, 2.24) is 24.5 Å². The zero-order chi connectivity index (χ0) is 20.7. The normalized spacial score (nSPS) is 19.9. The van der Waals surface area contributed by atoms with Crippen molar-refractivity contribution in [3.05, 3.63) is 54.7 Å². The van der Waals surface area contributed by atoms with Gasteiger partial charge in [-0.2, -0.15) is 0 Å². The van der Waals surface area contributed by atoms with Crippen LogP contribution in [0.4, 0.5) is 0 Å². The molecule has 1 aliphatic heterocycles. The molecule has 0 saturated carbocycles. The fourth-order valence-corrected chi connectivity index (χ4v) is 3.98. The van der Waals surface area contributed by atoms with E-state index >= 15 is 0 Å². The van der Waals surface area contributed by atoms with Crippen LogP contribution in [0.2, 0.25) is 0 Å². The van der Waals surface area contributed by atoms with E-state index in [1.54, 1.807) is 0 Å². The van der Waals surface area contributed by atoms with Crippen LogP contribution in [-0.4, -0.2) is 61.3 Å².